The molecule has 0 unspecified atom stereocenters. The zero-order chi connectivity index (χ0) is 15.1. The van der Waals surface area contributed by atoms with E-state index in [2.05, 4.69) is 4.74 Å². The summed E-state index contributed by atoms with van der Waals surface area (Å²) >= 11 is 0. The molecule has 108 valence electrons. The molecular formula is C13H15NO6. The monoisotopic (exact) mass is 281 g/mol. The van der Waals surface area contributed by atoms with Gasteiger partial charge in [-0.3, -0.25) is 9.59 Å². The van der Waals surface area contributed by atoms with E-state index >= 15 is 0 Å². The third-order valence-corrected chi connectivity index (χ3v) is 2.55. The molecule has 1 heterocycles. The van der Waals surface area contributed by atoms with Crippen molar-refractivity contribution in [3.05, 3.63) is 23.9 Å². The van der Waals surface area contributed by atoms with Crippen molar-refractivity contribution >= 4 is 23.6 Å². The summed E-state index contributed by atoms with van der Waals surface area (Å²) in [5.74, 6) is -1.91. The van der Waals surface area contributed by atoms with Crippen LogP contribution in [0.1, 0.15) is 13.3 Å². The zero-order valence-corrected chi connectivity index (χ0v) is 11.3. The molecule has 0 aromatic rings. The molecule has 0 N–H and O–H groups in total. The number of allylic oxidation sites excluding steroid dienone is 1. The second-order valence-corrected chi connectivity index (χ2v) is 4.02. The zero-order valence-electron chi connectivity index (χ0n) is 11.3. The van der Waals surface area contributed by atoms with Crippen LogP contribution in [0, 0.1) is 0 Å². The molecule has 1 aliphatic heterocycles. The normalized spacial score (nSPS) is 15.3. The standard InChI is InChI=1S/C13H15NO6/c1-9-8-14(11(16)7-10(9)15)5-6-20-13(18)4-3-12(17)19-2/h3-4,8H,5-7H2,1-2H3/b4-3+. The van der Waals surface area contributed by atoms with Gasteiger partial charge in [-0.15, -0.1) is 0 Å². The van der Waals surface area contributed by atoms with Gasteiger partial charge in [0, 0.05) is 23.9 Å². The fourth-order valence-corrected chi connectivity index (χ4v) is 1.44. The Morgan fingerprint density at radius 2 is 1.95 bits per heavy atom. The third-order valence-electron chi connectivity index (χ3n) is 2.55. The lowest BCUT2D eigenvalue weighted by molar-refractivity contribution is -0.141. The molecule has 0 atom stereocenters. The summed E-state index contributed by atoms with van der Waals surface area (Å²) in [4.78, 5) is 46.1. The predicted molar refractivity (Wildman–Crippen MR) is 67.2 cm³/mol. The van der Waals surface area contributed by atoms with Crippen LogP contribution in [-0.2, 0) is 28.7 Å². The lowest BCUT2D eigenvalue weighted by atomic mass is 10.1. The summed E-state index contributed by atoms with van der Waals surface area (Å²) in [7, 11) is 1.19. The summed E-state index contributed by atoms with van der Waals surface area (Å²) in [6.07, 6.45) is 3.15. The van der Waals surface area contributed by atoms with Crippen molar-refractivity contribution in [3.8, 4) is 0 Å². The molecule has 0 radical (unpaired) electrons. The number of ether oxygens (including phenoxy) is 2. The van der Waals surface area contributed by atoms with Crippen LogP contribution >= 0.6 is 0 Å². The van der Waals surface area contributed by atoms with Gasteiger partial charge in [0.25, 0.3) is 0 Å². The molecule has 0 saturated heterocycles. The molecule has 1 rings (SSSR count). The average molecular weight is 281 g/mol. The highest BCUT2D eigenvalue weighted by Gasteiger charge is 2.22. The van der Waals surface area contributed by atoms with Crippen LogP contribution in [0.3, 0.4) is 0 Å². The van der Waals surface area contributed by atoms with Crippen LogP contribution in [0.4, 0.5) is 0 Å². The maximum Gasteiger partial charge on any atom is 0.331 e. The second kappa shape index (κ2) is 7.22. The smallest absolute Gasteiger partial charge is 0.331 e. The number of esters is 2. The van der Waals surface area contributed by atoms with Gasteiger partial charge in [-0.05, 0) is 6.92 Å². The highest BCUT2D eigenvalue weighted by molar-refractivity contribution is 6.09. The van der Waals surface area contributed by atoms with Gasteiger partial charge in [0.05, 0.1) is 20.1 Å². The van der Waals surface area contributed by atoms with Crippen molar-refractivity contribution in [2.75, 3.05) is 20.3 Å². The maximum atomic E-state index is 11.5. The minimum atomic E-state index is -0.711. The second-order valence-electron chi connectivity index (χ2n) is 4.02. The van der Waals surface area contributed by atoms with Crippen molar-refractivity contribution in [1.29, 1.82) is 0 Å². The molecule has 0 saturated carbocycles. The Morgan fingerprint density at radius 3 is 2.60 bits per heavy atom. The molecule has 20 heavy (non-hydrogen) atoms. The van der Waals surface area contributed by atoms with Crippen LogP contribution in [0.15, 0.2) is 23.9 Å². The van der Waals surface area contributed by atoms with E-state index in [4.69, 9.17) is 4.74 Å². The van der Waals surface area contributed by atoms with Gasteiger partial charge in [0.1, 0.15) is 6.61 Å². The van der Waals surface area contributed by atoms with Gasteiger partial charge in [0.2, 0.25) is 5.91 Å². The van der Waals surface area contributed by atoms with Gasteiger partial charge in [0.15, 0.2) is 5.78 Å². The van der Waals surface area contributed by atoms with E-state index in [1.165, 1.54) is 18.2 Å². The largest absolute Gasteiger partial charge is 0.466 e. The fourth-order valence-electron chi connectivity index (χ4n) is 1.44. The number of Topliss-reactive ketones (excluding diaryl/α,β-unsaturated/α-hetero) is 1. The van der Waals surface area contributed by atoms with Crippen LogP contribution < -0.4 is 0 Å². The number of nitrogens with zero attached hydrogens (tertiary/aromatic N) is 1. The van der Waals surface area contributed by atoms with Crippen LogP contribution in [-0.4, -0.2) is 48.8 Å². The number of carbonyl (C=O) groups is 4. The summed E-state index contributed by atoms with van der Waals surface area (Å²) in [5, 5.41) is 0. The van der Waals surface area contributed by atoms with Crippen molar-refractivity contribution in [1.82, 2.24) is 4.90 Å². The SMILES string of the molecule is COC(=O)/C=C/C(=O)OCCN1C=C(C)C(=O)CC1=O. The summed E-state index contributed by atoms with van der Waals surface area (Å²) in [5.41, 5.74) is 0.488. The number of methoxy groups -OCH3 is 1. The Kier molecular flexibility index (Phi) is 5.64. The van der Waals surface area contributed by atoms with Gasteiger partial charge in [-0.2, -0.15) is 0 Å². The van der Waals surface area contributed by atoms with E-state index in [1.807, 2.05) is 0 Å². The molecular weight excluding hydrogens is 266 g/mol. The number of ketones is 1. The lowest BCUT2D eigenvalue weighted by Gasteiger charge is -2.22. The molecule has 0 aromatic carbocycles. The Labute approximate surface area is 115 Å². The number of hydrogen-bond acceptors (Lipinski definition) is 6. The van der Waals surface area contributed by atoms with Crippen LogP contribution in [0.2, 0.25) is 0 Å². The fraction of sp³-hybridized carbons (Fsp3) is 0.385. The van der Waals surface area contributed by atoms with Gasteiger partial charge < -0.3 is 14.4 Å². The Balaban J connectivity index is 2.39. The number of rotatable bonds is 5. The Morgan fingerprint density at radius 1 is 1.30 bits per heavy atom. The molecule has 0 aromatic heterocycles. The average Bonchev–Trinajstić information content (AvgIpc) is 2.41. The van der Waals surface area contributed by atoms with E-state index in [0.717, 1.165) is 12.2 Å². The van der Waals surface area contributed by atoms with E-state index in [9.17, 15) is 19.2 Å². The molecule has 0 spiro atoms. The number of hydrogen-bond donors (Lipinski definition) is 0. The third kappa shape index (κ3) is 4.68. The molecule has 7 nitrogen and oxygen atoms in total. The lowest BCUT2D eigenvalue weighted by Crippen LogP contribution is -2.35. The first-order valence-corrected chi connectivity index (χ1v) is 5.88. The first kappa shape index (κ1) is 15.6. The highest BCUT2D eigenvalue weighted by atomic mass is 16.5. The molecule has 0 bridgehead atoms. The predicted octanol–water partition coefficient (Wildman–Crippen LogP) is -0.0360. The Bertz CT molecular complexity index is 491. The molecule has 0 aliphatic carbocycles. The van der Waals surface area contributed by atoms with Gasteiger partial charge >= 0.3 is 11.9 Å². The topological polar surface area (TPSA) is 90.0 Å². The minimum Gasteiger partial charge on any atom is -0.466 e. The first-order valence-electron chi connectivity index (χ1n) is 5.88. The van der Waals surface area contributed by atoms with Crippen molar-refractivity contribution in [3.63, 3.8) is 0 Å². The summed E-state index contributed by atoms with van der Waals surface area (Å²) in [6.45, 7) is 1.74. The molecule has 0 fully saturated rings. The number of amides is 1. The Hall–Kier alpha value is -2.44. The first-order chi connectivity index (χ1) is 9.43. The van der Waals surface area contributed by atoms with Gasteiger partial charge in [-0.25, -0.2) is 9.59 Å². The quantitative estimate of drug-likeness (QED) is 0.399. The molecule has 1 amide bonds. The van der Waals surface area contributed by atoms with Crippen molar-refractivity contribution in [2.45, 2.75) is 13.3 Å². The van der Waals surface area contributed by atoms with Crippen molar-refractivity contribution < 1.29 is 28.7 Å². The minimum absolute atomic E-state index is 0.0337. The molecule has 7 heteroatoms. The number of carbonyl (C=O) groups excluding carboxylic acids is 4. The van der Waals surface area contributed by atoms with E-state index in [-0.39, 0.29) is 31.3 Å². The van der Waals surface area contributed by atoms with Gasteiger partial charge in [-0.1, -0.05) is 0 Å². The van der Waals surface area contributed by atoms with Crippen molar-refractivity contribution in [2.24, 2.45) is 0 Å². The van der Waals surface area contributed by atoms with E-state index in [1.54, 1.807) is 6.92 Å². The summed E-state index contributed by atoms with van der Waals surface area (Å²) in [6, 6.07) is 0. The highest BCUT2D eigenvalue weighted by Crippen LogP contribution is 2.11. The molecule has 1 aliphatic rings. The van der Waals surface area contributed by atoms with Crippen LogP contribution in [0.5, 0.6) is 0 Å². The summed E-state index contributed by atoms with van der Waals surface area (Å²) < 4.78 is 9.12. The van der Waals surface area contributed by atoms with Crippen LogP contribution in [0.25, 0.3) is 0 Å². The van der Waals surface area contributed by atoms with E-state index < -0.39 is 11.9 Å². The van der Waals surface area contributed by atoms with E-state index in [0.29, 0.717) is 5.57 Å². The maximum absolute atomic E-state index is 11.5.